The van der Waals surface area contributed by atoms with Crippen molar-refractivity contribution in [2.75, 3.05) is 36.5 Å². The zero-order chi connectivity index (χ0) is 16.1. The number of nitrogens with one attached hydrogen (secondary N) is 3. The molecule has 120 valence electrons. The SMILES string of the molecule is CCNc1nc(NCCNS(C)(=O)=O)cc(C(F)(F)F)n1. The van der Waals surface area contributed by atoms with Crippen LogP contribution in [-0.2, 0) is 16.2 Å². The molecule has 0 bridgehead atoms. The van der Waals surface area contributed by atoms with Crippen LogP contribution in [0, 0.1) is 0 Å². The molecule has 0 spiro atoms. The number of anilines is 2. The second-order valence-corrected chi connectivity index (χ2v) is 5.92. The van der Waals surface area contributed by atoms with E-state index in [1.165, 1.54) is 0 Å². The van der Waals surface area contributed by atoms with Crippen LogP contribution in [0.3, 0.4) is 0 Å². The zero-order valence-electron chi connectivity index (χ0n) is 11.5. The highest BCUT2D eigenvalue weighted by Crippen LogP contribution is 2.29. The molecule has 7 nitrogen and oxygen atoms in total. The topological polar surface area (TPSA) is 96.0 Å². The molecule has 0 radical (unpaired) electrons. The highest BCUT2D eigenvalue weighted by molar-refractivity contribution is 7.88. The molecule has 1 rings (SSSR count). The van der Waals surface area contributed by atoms with Crippen LogP contribution in [0.1, 0.15) is 12.6 Å². The number of hydrogen-bond donors (Lipinski definition) is 3. The lowest BCUT2D eigenvalue weighted by molar-refractivity contribution is -0.141. The van der Waals surface area contributed by atoms with Crippen molar-refractivity contribution in [2.45, 2.75) is 13.1 Å². The van der Waals surface area contributed by atoms with E-state index in [0.29, 0.717) is 6.54 Å². The Kier molecular flexibility index (Phi) is 5.72. The van der Waals surface area contributed by atoms with Crippen LogP contribution in [0.5, 0.6) is 0 Å². The molecule has 0 aliphatic heterocycles. The van der Waals surface area contributed by atoms with Crippen LogP contribution < -0.4 is 15.4 Å². The van der Waals surface area contributed by atoms with E-state index in [0.717, 1.165) is 12.3 Å². The van der Waals surface area contributed by atoms with Crippen molar-refractivity contribution in [3.05, 3.63) is 11.8 Å². The summed E-state index contributed by atoms with van der Waals surface area (Å²) in [7, 11) is -3.34. The van der Waals surface area contributed by atoms with E-state index in [9.17, 15) is 21.6 Å². The average molecular weight is 327 g/mol. The number of hydrogen-bond acceptors (Lipinski definition) is 6. The van der Waals surface area contributed by atoms with Crippen LogP contribution in [0.4, 0.5) is 24.9 Å². The summed E-state index contributed by atoms with van der Waals surface area (Å²) in [5, 5.41) is 5.21. The second-order valence-electron chi connectivity index (χ2n) is 4.08. The first-order valence-electron chi connectivity index (χ1n) is 6.00. The molecule has 0 aliphatic rings. The van der Waals surface area contributed by atoms with Crippen molar-refractivity contribution in [3.8, 4) is 0 Å². The molecule has 1 heterocycles. The molecule has 1 aromatic rings. The van der Waals surface area contributed by atoms with Crippen LogP contribution in [0.2, 0.25) is 0 Å². The third-order valence-electron chi connectivity index (χ3n) is 2.15. The van der Waals surface area contributed by atoms with Crippen molar-refractivity contribution < 1.29 is 21.6 Å². The van der Waals surface area contributed by atoms with Gasteiger partial charge in [0.25, 0.3) is 0 Å². The van der Waals surface area contributed by atoms with Gasteiger partial charge in [0, 0.05) is 25.7 Å². The zero-order valence-corrected chi connectivity index (χ0v) is 12.3. The van der Waals surface area contributed by atoms with Crippen molar-refractivity contribution in [3.63, 3.8) is 0 Å². The van der Waals surface area contributed by atoms with Crippen LogP contribution in [-0.4, -0.2) is 44.3 Å². The van der Waals surface area contributed by atoms with Gasteiger partial charge in [0.1, 0.15) is 5.82 Å². The number of alkyl halides is 3. The molecule has 0 saturated heterocycles. The normalized spacial score (nSPS) is 12.2. The van der Waals surface area contributed by atoms with E-state index >= 15 is 0 Å². The first-order valence-corrected chi connectivity index (χ1v) is 7.89. The molecule has 0 atom stereocenters. The van der Waals surface area contributed by atoms with E-state index in [1.54, 1.807) is 6.92 Å². The summed E-state index contributed by atoms with van der Waals surface area (Å²) in [6, 6.07) is 0.765. The van der Waals surface area contributed by atoms with Crippen LogP contribution in [0.15, 0.2) is 6.07 Å². The Labute approximate surface area is 120 Å². The van der Waals surface area contributed by atoms with Crippen molar-refractivity contribution in [1.82, 2.24) is 14.7 Å². The maximum absolute atomic E-state index is 12.7. The fourth-order valence-corrected chi connectivity index (χ4v) is 1.82. The Morgan fingerprint density at radius 3 is 2.38 bits per heavy atom. The summed E-state index contributed by atoms with van der Waals surface area (Å²) in [6.07, 6.45) is -3.60. The Morgan fingerprint density at radius 1 is 1.19 bits per heavy atom. The van der Waals surface area contributed by atoms with Crippen LogP contribution in [0.25, 0.3) is 0 Å². The first-order chi connectivity index (χ1) is 9.62. The van der Waals surface area contributed by atoms with Gasteiger partial charge in [-0.05, 0) is 6.92 Å². The van der Waals surface area contributed by atoms with E-state index in [4.69, 9.17) is 0 Å². The van der Waals surface area contributed by atoms with Gasteiger partial charge in [-0.25, -0.2) is 18.1 Å². The van der Waals surface area contributed by atoms with Gasteiger partial charge < -0.3 is 10.6 Å². The third-order valence-corrected chi connectivity index (χ3v) is 2.88. The van der Waals surface area contributed by atoms with E-state index in [-0.39, 0.29) is 24.9 Å². The largest absolute Gasteiger partial charge is 0.433 e. The molecule has 21 heavy (non-hydrogen) atoms. The van der Waals surface area contributed by atoms with Gasteiger partial charge in [-0.15, -0.1) is 0 Å². The third kappa shape index (κ3) is 6.58. The predicted octanol–water partition coefficient (Wildman–Crippen LogP) is 0.888. The lowest BCUT2D eigenvalue weighted by Gasteiger charge is -2.12. The fraction of sp³-hybridized carbons (Fsp3) is 0.600. The molecule has 3 N–H and O–H groups in total. The number of nitrogens with zero attached hydrogens (tertiary/aromatic N) is 2. The van der Waals surface area contributed by atoms with Crippen LogP contribution >= 0.6 is 0 Å². The van der Waals surface area contributed by atoms with Crippen molar-refractivity contribution >= 4 is 21.8 Å². The predicted molar refractivity (Wildman–Crippen MR) is 72.5 cm³/mol. The van der Waals surface area contributed by atoms with Crippen molar-refractivity contribution in [1.29, 1.82) is 0 Å². The lowest BCUT2D eigenvalue weighted by Crippen LogP contribution is -2.28. The Hall–Kier alpha value is -1.62. The summed E-state index contributed by atoms with van der Waals surface area (Å²) in [5.74, 6) is -0.186. The summed E-state index contributed by atoms with van der Waals surface area (Å²) in [4.78, 5) is 7.22. The molecule has 0 aliphatic carbocycles. The van der Waals surface area contributed by atoms with Gasteiger partial charge in [0.05, 0.1) is 6.26 Å². The smallest absolute Gasteiger partial charge is 0.369 e. The average Bonchev–Trinajstić information content (AvgIpc) is 2.33. The monoisotopic (exact) mass is 327 g/mol. The van der Waals surface area contributed by atoms with Gasteiger partial charge in [-0.1, -0.05) is 0 Å². The van der Waals surface area contributed by atoms with Crippen molar-refractivity contribution in [2.24, 2.45) is 0 Å². The Balaban J connectivity index is 2.78. The molecule has 11 heteroatoms. The second kappa shape index (κ2) is 6.89. The molecular formula is C10H16F3N5O2S. The molecule has 0 amide bonds. The number of aromatic nitrogens is 2. The molecule has 0 saturated carbocycles. The van der Waals surface area contributed by atoms with Gasteiger partial charge in [0.15, 0.2) is 5.69 Å². The minimum atomic E-state index is -4.59. The highest BCUT2D eigenvalue weighted by atomic mass is 32.2. The van der Waals surface area contributed by atoms with Gasteiger partial charge in [-0.3, -0.25) is 0 Å². The first kappa shape index (κ1) is 17.4. The number of sulfonamides is 1. The number of halogens is 3. The molecule has 0 fully saturated rings. The maximum Gasteiger partial charge on any atom is 0.433 e. The Bertz CT molecular complexity index is 577. The summed E-state index contributed by atoms with van der Waals surface area (Å²) >= 11 is 0. The van der Waals surface area contributed by atoms with Gasteiger partial charge >= 0.3 is 6.18 Å². The quantitative estimate of drug-likeness (QED) is 0.644. The summed E-state index contributed by atoms with van der Waals surface area (Å²) in [5.41, 5.74) is -1.08. The van der Waals surface area contributed by atoms with E-state index in [1.807, 2.05) is 0 Å². The molecule has 0 aromatic carbocycles. The highest BCUT2D eigenvalue weighted by Gasteiger charge is 2.33. The van der Waals surface area contributed by atoms with E-state index in [2.05, 4.69) is 25.3 Å². The molecular weight excluding hydrogens is 311 g/mol. The Morgan fingerprint density at radius 2 is 1.86 bits per heavy atom. The fourth-order valence-electron chi connectivity index (χ4n) is 1.35. The van der Waals surface area contributed by atoms with Gasteiger partial charge in [0.2, 0.25) is 16.0 Å². The minimum absolute atomic E-state index is 0.0285. The van der Waals surface area contributed by atoms with Gasteiger partial charge in [-0.2, -0.15) is 18.2 Å². The summed E-state index contributed by atoms with van der Waals surface area (Å²) in [6.45, 7) is 2.19. The maximum atomic E-state index is 12.7. The summed E-state index contributed by atoms with van der Waals surface area (Å²) < 4.78 is 62.0. The standard InChI is InChI=1S/C10H16F3N5O2S/c1-3-14-9-17-7(10(11,12)13)6-8(18-9)15-4-5-16-21(2,19)20/h6,16H,3-5H2,1-2H3,(H2,14,15,17,18). The number of rotatable bonds is 7. The van der Waals surface area contributed by atoms with E-state index < -0.39 is 21.9 Å². The minimum Gasteiger partial charge on any atom is -0.369 e. The lowest BCUT2D eigenvalue weighted by atomic mass is 10.3. The molecule has 0 unspecified atom stereocenters. The molecule has 1 aromatic heterocycles.